The maximum absolute atomic E-state index is 12.5. The van der Waals surface area contributed by atoms with Crippen LogP contribution in [0, 0.1) is 16.2 Å². The molecule has 1 atom stereocenters. The molecule has 23 heavy (non-hydrogen) atoms. The minimum atomic E-state index is -3.64. The average molecular weight is 347 g/mol. The molecule has 1 aliphatic rings. The van der Waals surface area contributed by atoms with E-state index in [9.17, 15) is 18.0 Å². The first-order valence-corrected chi connectivity index (χ1v) is 9.54. The summed E-state index contributed by atoms with van der Waals surface area (Å²) in [6.07, 6.45) is 1.71. The predicted octanol–water partition coefficient (Wildman–Crippen LogP) is 2.24. The van der Waals surface area contributed by atoms with Crippen molar-refractivity contribution in [1.82, 2.24) is 4.72 Å². The number of nitrogens with one attached hydrogen (secondary N) is 1. The third-order valence-corrected chi connectivity index (χ3v) is 5.65. The fourth-order valence-corrected chi connectivity index (χ4v) is 4.20. The van der Waals surface area contributed by atoms with Crippen LogP contribution in [0.4, 0.5) is 0 Å². The van der Waals surface area contributed by atoms with Crippen molar-refractivity contribution in [1.29, 1.82) is 0 Å². The molecule has 134 valence electrons. The summed E-state index contributed by atoms with van der Waals surface area (Å²) in [5.41, 5.74) is -0.539. The first kappa shape index (κ1) is 19.9. The van der Waals surface area contributed by atoms with Crippen LogP contribution in [-0.4, -0.2) is 32.7 Å². The molecule has 0 heterocycles. The highest BCUT2D eigenvalue weighted by atomic mass is 32.2. The van der Waals surface area contributed by atoms with E-state index in [0.29, 0.717) is 0 Å². The molecule has 0 saturated heterocycles. The standard InChI is InChI=1S/C16H29NO5S/c1-12(18)17-23(20,21)9-7-8-22-13(19)16(10-14(2,3)4)11-15(16,5)6/h7-11H2,1-6H3,(H,17,18). The zero-order valence-corrected chi connectivity index (χ0v) is 15.8. The lowest BCUT2D eigenvalue weighted by Gasteiger charge is -2.27. The van der Waals surface area contributed by atoms with Crippen molar-refractivity contribution in [2.24, 2.45) is 16.2 Å². The zero-order valence-electron chi connectivity index (χ0n) is 15.0. The molecule has 1 fully saturated rings. The van der Waals surface area contributed by atoms with Gasteiger partial charge in [-0.1, -0.05) is 34.6 Å². The molecule has 0 aromatic carbocycles. The number of esters is 1. The summed E-state index contributed by atoms with van der Waals surface area (Å²) < 4.78 is 30.2. The van der Waals surface area contributed by atoms with Crippen LogP contribution in [-0.2, 0) is 24.3 Å². The SMILES string of the molecule is CC(=O)NS(=O)(=O)CCCOC(=O)C1(CC(C)(C)C)CC1(C)C. The molecule has 0 aromatic heterocycles. The van der Waals surface area contributed by atoms with Crippen LogP contribution in [0.2, 0.25) is 0 Å². The summed E-state index contributed by atoms with van der Waals surface area (Å²) in [5, 5.41) is 0. The molecule has 6 nitrogen and oxygen atoms in total. The minimum absolute atomic E-state index is 0.0154. The second-order valence-corrected chi connectivity index (χ2v) is 10.2. The largest absolute Gasteiger partial charge is 0.465 e. The minimum Gasteiger partial charge on any atom is -0.465 e. The normalized spacial score (nSPS) is 23.2. The van der Waals surface area contributed by atoms with Gasteiger partial charge in [-0.15, -0.1) is 0 Å². The molecule has 1 unspecified atom stereocenters. The number of carbonyl (C=O) groups excluding carboxylic acids is 2. The summed E-state index contributed by atoms with van der Waals surface area (Å²) in [7, 11) is -3.64. The number of carbonyl (C=O) groups is 2. The van der Waals surface area contributed by atoms with E-state index >= 15 is 0 Å². The van der Waals surface area contributed by atoms with Gasteiger partial charge < -0.3 is 4.74 Å². The van der Waals surface area contributed by atoms with Crippen molar-refractivity contribution in [3.05, 3.63) is 0 Å². The number of sulfonamides is 1. The lowest BCUT2D eigenvalue weighted by molar-refractivity contribution is -0.153. The molecular weight excluding hydrogens is 318 g/mol. The van der Waals surface area contributed by atoms with Crippen LogP contribution in [0.5, 0.6) is 0 Å². The molecular formula is C16H29NO5S. The van der Waals surface area contributed by atoms with Crippen molar-refractivity contribution in [3.8, 4) is 0 Å². The van der Waals surface area contributed by atoms with Crippen molar-refractivity contribution < 1.29 is 22.7 Å². The van der Waals surface area contributed by atoms with Gasteiger partial charge in [0.1, 0.15) is 0 Å². The topological polar surface area (TPSA) is 89.5 Å². The molecule has 1 amide bonds. The Morgan fingerprint density at radius 2 is 1.74 bits per heavy atom. The molecule has 0 aliphatic heterocycles. The number of ether oxygens (including phenoxy) is 1. The van der Waals surface area contributed by atoms with Crippen LogP contribution in [0.25, 0.3) is 0 Å². The highest BCUT2D eigenvalue weighted by molar-refractivity contribution is 7.90. The monoisotopic (exact) mass is 347 g/mol. The molecule has 0 aromatic rings. The molecule has 0 spiro atoms. The van der Waals surface area contributed by atoms with Crippen LogP contribution >= 0.6 is 0 Å². The Kier molecular flexibility index (Phi) is 5.56. The van der Waals surface area contributed by atoms with E-state index in [-0.39, 0.29) is 35.6 Å². The summed E-state index contributed by atoms with van der Waals surface area (Å²) in [5.74, 6) is -1.10. The van der Waals surface area contributed by atoms with Crippen molar-refractivity contribution >= 4 is 21.9 Å². The van der Waals surface area contributed by atoms with Crippen LogP contribution in [0.1, 0.15) is 60.8 Å². The Hall–Kier alpha value is -1.11. The van der Waals surface area contributed by atoms with E-state index in [1.807, 2.05) is 4.72 Å². The quantitative estimate of drug-likeness (QED) is 0.563. The third-order valence-electron chi connectivity index (χ3n) is 4.23. The van der Waals surface area contributed by atoms with Gasteiger partial charge in [0.15, 0.2) is 0 Å². The predicted molar refractivity (Wildman–Crippen MR) is 88.1 cm³/mol. The summed E-state index contributed by atoms with van der Waals surface area (Å²) in [6.45, 7) is 11.6. The highest BCUT2D eigenvalue weighted by Crippen LogP contribution is 2.68. The molecule has 0 radical (unpaired) electrons. The smallest absolute Gasteiger partial charge is 0.312 e. The fourth-order valence-electron chi connectivity index (χ4n) is 3.16. The second kappa shape index (κ2) is 6.42. The number of rotatable bonds is 7. The van der Waals surface area contributed by atoms with Gasteiger partial charge in [0, 0.05) is 6.92 Å². The highest BCUT2D eigenvalue weighted by Gasteiger charge is 2.67. The van der Waals surface area contributed by atoms with Gasteiger partial charge in [0.25, 0.3) is 0 Å². The number of amides is 1. The van der Waals surface area contributed by atoms with Gasteiger partial charge in [0.05, 0.1) is 17.8 Å². The number of hydrogen-bond donors (Lipinski definition) is 1. The summed E-state index contributed by atoms with van der Waals surface area (Å²) >= 11 is 0. The molecule has 1 saturated carbocycles. The fraction of sp³-hybridized carbons (Fsp3) is 0.875. The lowest BCUT2D eigenvalue weighted by Crippen LogP contribution is -2.32. The second-order valence-electron chi connectivity index (χ2n) is 8.35. The van der Waals surface area contributed by atoms with Gasteiger partial charge in [-0.25, -0.2) is 8.42 Å². The Balaban J connectivity index is 2.52. The Morgan fingerprint density at radius 3 is 2.13 bits per heavy atom. The van der Waals surface area contributed by atoms with Gasteiger partial charge >= 0.3 is 5.97 Å². The Bertz CT molecular complexity index is 574. The summed E-state index contributed by atoms with van der Waals surface area (Å²) in [4.78, 5) is 23.3. The Labute approximate surface area is 139 Å². The average Bonchev–Trinajstić information content (AvgIpc) is 2.82. The van der Waals surface area contributed by atoms with Crippen molar-refractivity contribution in [2.45, 2.75) is 60.8 Å². The van der Waals surface area contributed by atoms with E-state index in [4.69, 9.17) is 4.74 Å². The zero-order chi connectivity index (χ0) is 18.1. The van der Waals surface area contributed by atoms with Gasteiger partial charge in [-0.2, -0.15) is 0 Å². The molecule has 1 N–H and O–H groups in total. The van der Waals surface area contributed by atoms with Crippen LogP contribution < -0.4 is 4.72 Å². The lowest BCUT2D eigenvalue weighted by atomic mass is 9.79. The molecule has 1 aliphatic carbocycles. The first-order valence-electron chi connectivity index (χ1n) is 7.89. The van der Waals surface area contributed by atoms with Gasteiger partial charge in [-0.3, -0.25) is 14.3 Å². The Morgan fingerprint density at radius 1 is 1.22 bits per heavy atom. The van der Waals surface area contributed by atoms with E-state index in [1.54, 1.807) is 0 Å². The van der Waals surface area contributed by atoms with E-state index in [0.717, 1.165) is 19.8 Å². The summed E-state index contributed by atoms with van der Waals surface area (Å²) in [6, 6.07) is 0. The molecule has 0 bridgehead atoms. The van der Waals surface area contributed by atoms with E-state index in [1.165, 1.54) is 0 Å². The van der Waals surface area contributed by atoms with E-state index < -0.39 is 21.3 Å². The van der Waals surface area contributed by atoms with Crippen molar-refractivity contribution in [3.63, 3.8) is 0 Å². The first-order chi connectivity index (χ1) is 10.2. The van der Waals surface area contributed by atoms with Crippen molar-refractivity contribution in [2.75, 3.05) is 12.4 Å². The van der Waals surface area contributed by atoms with Gasteiger partial charge in [-0.05, 0) is 30.1 Å². The van der Waals surface area contributed by atoms with E-state index in [2.05, 4.69) is 34.6 Å². The third kappa shape index (κ3) is 5.48. The van der Waals surface area contributed by atoms with Crippen LogP contribution in [0.3, 0.4) is 0 Å². The molecule has 7 heteroatoms. The number of hydrogen-bond acceptors (Lipinski definition) is 5. The maximum Gasteiger partial charge on any atom is 0.312 e. The molecule has 1 rings (SSSR count). The van der Waals surface area contributed by atoms with Gasteiger partial charge in [0.2, 0.25) is 15.9 Å². The van der Waals surface area contributed by atoms with Crippen LogP contribution in [0.15, 0.2) is 0 Å². The maximum atomic E-state index is 12.5.